The number of nitrogens with zero attached hydrogens (tertiary/aromatic N) is 2. The Balaban J connectivity index is 0.000000257. The highest BCUT2D eigenvalue weighted by molar-refractivity contribution is 7.98. The highest BCUT2D eigenvalue weighted by atomic mass is 32.2. The van der Waals surface area contributed by atoms with Crippen LogP contribution in [-0.4, -0.2) is 81.7 Å². The van der Waals surface area contributed by atoms with Crippen LogP contribution in [0.5, 0.6) is 0 Å². The minimum atomic E-state index is -0.936. The van der Waals surface area contributed by atoms with Gasteiger partial charge >= 0.3 is 11.9 Å². The van der Waals surface area contributed by atoms with Crippen molar-refractivity contribution in [3.63, 3.8) is 0 Å². The second-order valence-electron chi connectivity index (χ2n) is 9.94. The van der Waals surface area contributed by atoms with E-state index < -0.39 is 47.7 Å². The smallest absolute Gasteiger partial charge is 0.355 e. The van der Waals surface area contributed by atoms with Crippen molar-refractivity contribution >= 4 is 64.9 Å². The highest BCUT2D eigenvalue weighted by Gasteiger charge is 2.35. The largest absolute Gasteiger partial charge is 0.362 e. The first-order valence-electron chi connectivity index (χ1n) is 14.4. The molecule has 2 aliphatic heterocycles. The number of benzene rings is 2. The van der Waals surface area contributed by atoms with Crippen molar-refractivity contribution in [3.05, 3.63) is 77.5 Å². The maximum Gasteiger partial charge on any atom is 0.355 e. The Hall–Kier alpha value is -5.49. The quantitative estimate of drug-likeness (QED) is 0.248. The van der Waals surface area contributed by atoms with E-state index in [1.165, 1.54) is 11.8 Å². The number of imide groups is 1. The van der Waals surface area contributed by atoms with E-state index in [1.807, 2.05) is 0 Å². The summed E-state index contributed by atoms with van der Waals surface area (Å²) in [5.41, 5.74) is 1.06. The molecule has 0 aromatic heterocycles. The number of hydroxylamine groups is 4. The number of allylic oxidation sites excluding steroid dienone is 1. The lowest BCUT2D eigenvalue weighted by Crippen LogP contribution is -2.45. The molecule has 2 unspecified atom stereocenters. The lowest BCUT2D eigenvalue weighted by atomic mass is 10.1. The molecule has 0 saturated carbocycles. The Bertz CT molecular complexity index is 1570. The van der Waals surface area contributed by atoms with E-state index in [0.717, 1.165) is 0 Å². The number of carbonyl (C=O) groups excluding carboxylic acids is 8. The van der Waals surface area contributed by atoms with Crippen molar-refractivity contribution in [2.24, 2.45) is 0 Å². The summed E-state index contributed by atoms with van der Waals surface area (Å²) in [5, 5.41) is 6.47. The van der Waals surface area contributed by atoms with E-state index in [9.17, 15) is 38.4 Å². The zero-order valence-electron chi connectivity index (χ0n) is 25.6. The number of nitrogens with one attached hydrogen (secondary N) is 2. The molecule has 2 saturated heterocycles. The fourth-order valence-corrected chi connectivity index (χ4v) is 4.74. The summed E-state index contributed by atoms with van der Waals surface area (Å²) in [6, 6.07) is 15.3. The molecule has 2 fully saturated rings. The highest BCUT2D eigenvalue weighted by Crippen LogP contribution is 2.21. The Morgan fingerprint density at radius 1 is 0.766 bits per heavy atom. The zero-order valence-corrected chi connectivity index (χ0v) is 26.4. The summed E-state index contributed by atoms with van der Waals surface area (Å²) in [6.07, 6.45) is 2.38. The Morgan fingerprint density at radius 2 is 1.28 bits per heavy atom. The van der Waals surface area contributed by atoms with Gasteiger partial charge in [0.15, 0.2) is 5.94 Å². The summed E-state index contributed by atoms with van der Waals surface area (Å²) in [4.78, 5) is 103. The summed E-state index contributed by atoms with van der Waals surface area (Å²) in [5.74, 6) is 0.0348. The van der Waals surface area contributed by atoms with Crippen molar-refractivity contribution in [1.29, 1.82) is 0 Å². The minimum absolute atomic E-state index is 0.0181. The second kappa shape index (κ2) is 17.9. The lowest BCUT2D eigenvalue weighted by Gasteiger charge is -2.21. The number of hydrogen-bond donors (Lipinski definition) is 2. The summed E-state index contributed by atoms with van der Waals surface area (Å²) < 4.78 is 0. The van der Waals surface area contributed by atoms with Gasteiger partial charge < -0.3 is 20.3 Å². The van der Waals surface area contributed by atoms with E-state index in [0.29, 0.717) is 27.0 Å². The zero-order chi connectivity index (χ0) is 34.3. The average Bonchev–Trinajstić information content (AvgIpc) is 3.61. The van der Waals surface area contributed by atoms with Crippen LogP contribution < -0.4 is 10.6 Å². The van der Waals surface area contributed by atoms with Crippen molar-refractivity contribution in [1.82, 2.24) is 20.8 Å². The molecule has 0 radical (unpaired) electrons. The topological polar surface area (TPSA) is 186 Å². The third-order valence-corrected chi connectivity index (χ3v) is 7.34. The molecule has 246 valence electrons. The Kier molecular flexibility index (Phi) is 13.7. The van der Waals surface area contributed by atoms with Crippen LogP contribution in [0.15, 0.2) is 66.4 Å². The molecule has 2 aliphatic rings. The third kappa shape index (κ3) is 10.00. The van der Waals surface area contributed by atoms with Gasteiger partial charge in [-0.2, -0.15) is 11.8 Å². The predicted molar refractivity (Wildman–Crippen MR) is 167 cm³/mol. The molecule has 15 heteroatoms. The minimum Gasteiger partial charge on any atom is -0.362 e. The molecule has 2 aromatic carbocycles. The molecule has 4 amide bonds. The van der Waals surface area contributed by atoms with Crippen molar-refractivity contribution in [2.45, 2.75) is 51.1 Å². The lowest BCUT2D eigenvalue weighted by molar-refractivity contribution is -0.198. The van der Waals surface area contributed by atoms with Gasteiger partial charge in [0, 0.05) is 42.6 Å². The van der Waals surface area contributed by atoms with Crippen LogP contribution in [0.2, 0.25) is 0 Å². The van der Waals surface area contributed by atoms with Crippen molar-refractivity contribution < 1.29 is 48.0 Å². The molecule has 2 aromatic rings. The van der Waals surface area contributed by atoms with Gasteiger partial charge in [0.25, 0.3) is 23.6 Å². The van der Waals surface area contributed by atoms with Gasteiger partial charge in [-0.1, -0.05) is 55.5 Å². The fourth-order valence-electron chi connectivity index (χ4n) is 4.19. The second-order valence-corrected chi connectivity index (χ2v) is 10.8. The fraction of sp³-hybridized carbons (Fsp3) is 0.312. The molecule has 0 aliphatic carbocycles. The van der Waals surface area contributed by atoms with Gasteiger partial charge in [-0.25, -0.2) is 19.2 Å². The van der Waals surface area contributed by atoms with Crippen LogP contribution in [0.3, 0.4) is 0 Å². The number of hydrogen-bond acceptors (Lipinski definition) is 12. The van der Waals surface area contributed by atoms with E-state index in [1.54, 1.807) is 85.7 Å². The van der Waals surface area contributed by atoms with Crippen LogP contribution in [0.4, 0.5) is 0 Å². The standard InChI is InChI=1S/C17H16N2O5S.C15H16N2O5/c1-25-11-15(18-14(10-21)12-5-3-2-4-6-12)17(23)24-19-13(9-20)7-8-16(19)22;1-2-11(16-14(20)10-6-4-3-5-7-10)15(21)22-17-12(18)8-9-13(17)19/h2-6,15,18H,7-8,11H2,1H3;3-7,11H,2,8-9H2,1H3,(H,16,20). The number of amides is 4. The van der Waals surface area contributed by atoms with Gasteiger partial charge in [0.1, 0.15) is 29.4 Å². The molecule has 47 heavy (non-hydrogen) atoms. The van der Waals surface area contributed by atoms with E-state index in [4.69, 9.17) is 9.68 Å². The van der Waals surface area contributed by atoms with E-state index >= 15 is 0 Å². The Morgan fingerprint density at radius 3 is 1.81 bits per heavy atom. The van der Waals surface area contributed by atoms with Crippen LogP contribution in [0.25, 0.3) is 5.70 Å². The van der Waals surface area contributed by atoms with Crippen LogP contribution in [0, 0.1) is 0 Å². The molecule has 14 nitrogen and oxygen atoms in total. The number of thioether (sulfide) groups is 1. The molecule has 2 atom stereocenters. The first kappa shape index (κ1) is 36.0. The van der Waals surface area contributed by atoms with Crippen molar-refractivity contribution in [2.75, 3.05) is 12.0 Å². The van der Waals surface area contributed by atoms with Gasteiger partial charge in [0.2, 0.25) is 0 Å². The summed E-state index contributed by atoms with van der Waals surface area (Å²) in [6.45, 7) is 1.69. The van der Waals surface area contributed by atoms with Gasteiger partial charge in [-0.3, -0.25) is 19.2 Å². The number of rotatable bonds is 12. The van der Waals surface area contributed by atoms with E-state index in [-0.39, 0.29) is 43.5 Å². The average molecular weight is 665 g/mol. The Labute approximate surface area is 274 Å². The van der Waals surface area contributed by atoms with Crippen LogP contribution >= 0.6 is 11.8 Å². The predicted octanol–water partition coefficient (Wildman–Crippen LogP) is 1.78. The summed E-state index contributed by atoms with van der Waals surface area (Å²) in [7, 11) is 0. The molecule has 2 N–H and O–H groups in total. The number of carbonyl (C=O) groups is 6. The van der Waals surface area contributed by atoms with E-state index in [2.05, 4.69) is 10.6 Å². The third-order valence-electron chi connectivity index (χ3n) is 6.67. The van der Waals surface area contributed by atoms with Crippen molar-refractivity contribution in [3.8, 4) is 0 Å². The molecular formula is C32H32N4O10S. The maximum absolute atomic E-state index is 12.4. The molecule has 2 heterocycles. The van der Waals surface area contributed by atoms with Crippen LogP contribution in [0.1, 0.15) is 54.9 Å². The van der Waals surface area contributed by atoms with Gasteiger partial charge in [0.05, 0.1) is 0 Å². The SMILES string of the molecule is CCC(NC(=O)c1ccccc1)C(=O)ON1C(=O)CCC1=O.CSCC(NC(=C=O)c1ccccc1)C(=O)ON1C(=O)CCC1=C=O. The monoisotopic (exact) mass is 664 g/mol. The molecule has 0 spiro atoms. The molecule has 4 rings (SSSR count). The van der Waals surface area contributed by atoms with Gasteiger partial charge in [-0.15, -0.1) is 10.1 Å². The molecule has 0 bridgehead atoms. The van der Waals surface area contributed by atoms with Crippen LogP contribution in [-0.2, 0) is 43.2 Å². The first-order chi connectivity index (χ1) is 22.6. The molecular weight excluding hydrogens is 632 g/mol. The normalized spacial score (nSPS) is 15.0. The maximum atomic E-state index is 12.4. The first-order valence-corrected chi connectivity index (χ1v) is 15.8. The van der Waals surface area contributed by atoms with Gasteiger partial charge in [-0.05, 0) is 24.8 Å². The summed E-state index contributed by atoms with van der Waals surface area (Å²) >= 11 is 1.36.